The van der Waals surface area contributed by atoms with Gasteiger partial charge in [-0.2, -0.15) is 0 Å². The third-order valence-corrected chi connectivity index (χ3v) is 2.59. The zero-order valence-corrected chi connectivity index (χ0v) is 8.71. The Bertz CT molecular complexity index is 403. The summed E-state index contributed by atoms with van der Waals surface area (Å²) in [4.78, 5) is 3.76. The van der Waals surface area contributed by atoms with E-state index in [0.717, 1.165) is 6.42 Å². The molecule has 14 heavy (non-hydrogen) atoms. The monoisotopic (exact) mass is 215 g/mol. The number of hydrogen-bond acceptors (Lipinski definition) is 4. The fourth-order valence-electron chi connectivity index (χ4n) is 1.01. The quantitative estimate of drug-likeness (QED) is 0.768. The Morgan fingerprint density at radius 3 is 2.86 bits per heavy atom. The predicted octanol–water partition coefficient (Wildman–Crippen LogP) is 0.551. The van der Waals surface area contributed by atoms with Gasteiger partial charge in [0.05, 0.1) is 5.69 Å². The normalized spacial score (nSPS) is 11.3. The fourth-order valence-corrected chi connectivity index (χ4v) is 1.67. The molecule has 0 bridgehead atoms. The van der Waals surface area contributed by atoms with Crippen molar-refractivity contribution in [2.45, 2.75) is 18.2 Å². The van der Waals surface area contributed by atoms with Crippen LogP contribution in [0.2, 0.25) is 0 Å². The van der Waals surface area contributed by atoms with E-state index in [-0.39, 0.29) is 4.90 Å². The van der Waals surface area contributed by atoms with Gasteiger partial charge in [-0.25, -0.2) is 13.6 Å². The van der Waals surface area contributed by atoms with Crippen LogP contribution in [0.4, 0.5) is 5.69 Å². The first kappa shape index (κ1) is 10.9. The van der Waals surface area contributed by atoms with Crippen LogP contribution >= 0.6 is 0 Å². The zero-order chi connectivity index (χ0) is 10.6. The molecular formula is C8H13N3O2S. The van der Waals surface area contributed by atoms with Crippen LogP contribution in [-0.4, -0.2) is 19.9 Å². The topological polar surface area (TPSA) is 85.1 Å². The number of hydrogen-bond donors (Lipinski definition) is 2. The molecule has 0 amide bonds. The number of anilines is 1. The molecular weight excluding hydrogens is 202 g/mol. The smallest absolute Gasteiger partial charge is 0.241 e. The van der Waals surface area contributed by atoms with Crippen molar-refractivity contribution in [2.75, 3.05) is 11.9 Å². The highest BCUT2D eigenvalue weighted by Gasteiger charge is 2.12. The number of nitrogens with one attached hydrogen (secondary N) is 1. The Morgan fingerprint density at radius 2 is 2.29 bits per heavy atom. The predicted molar refractivity (Wildman–Crippen MR) is 54.4 cm³/mol. The molecule has 0 saturated heterocycles. The summed E-state index contributed by atoms with van der Waals surface area (Å²) < 4.78 is 22.2. The van der Waals surface area contributed by atoms with E-state index < -0.39 is 10.0 Å². The molecule has 0 fully saturated rings. The molecule has 1 aromatic rings. The van der Waals surface area contributed by atoms with Gasteiger partial charge in [-0.05, 0) is 12.5 Å². The highest BCUT2D eigenvalue weighted by molar-refractivity contribution is 7.89. The van der Waals surface area contributed by atoms with Crippen LogP contribution in [-0.2, 0) is 10.0 Å². The van der Waals surface area contributed by atoms with Crippen LogP contribution in [0, 0.1) is 0 Å². The number of sulfonamides is 1. The first-order valence-electron chi connectivity index (χ1n) is 4.26. The molecule has 0 aliphatic carbocycles. The maximum absolute atomic E-state index is 11.1. The van der Waals surface area contributed by atoms with Gasteiger partial charge in [0.25, 0.3) is 0 Å². The summed E-state index contributed by atoms with van der Waals surface area (Å²) >= 11 is 0. The molecule has 0 radical (unpaired) electrons. The van der Waals surface area contributed by atoms with Gasteiger partial charge in [0.15, 0.2) is 0 Å². The van der Waals surface area contributed by atoms with E-state index in [0.29, 0.717) is 12.2 Å². The average molecular weight is 215 g/mol. The average Bonchev–Trinajstić information content (AvgIpc) is 2.14. The Balaban J connectivity index is 3.04. The van der Waals surface area contributed by atoms with Gasteiger partial charge >= 0.3 is 0 Å². The summed E-state index contributed by atoms with van der Waals surface area (Å²) in [5, 5.41) is 7.99. The number of pyridine rings is 1. The van der Waals surface area contributed by atoms with Crippen LogP contribution in [0.5, 0.6) is 0 Å². The number of aromatic nitrogens is 1. The lowest BCUT2D eigenvalue weighted by molar-refractivity contribution is 0.597. The van der Waals surface area contributed by atoms with E-state index in [2.05, 4.69) is 10.3 Å². The molecule has 1 rings (SSSR count). The maximum atomic E-state index is 11.1. The third kappa shape index (κ3) is 2.68. The molecule has 0 aliphatic heterocycles. The van der Waals surface area contributed by atoms with E-state index in [9.17, 15) is 8.42 Å². The second kappa shape index (κ2) is 4.39. The highest BCUT2D eigenvalue weighted by atomic mass is 32.2. The lowest BCUT2D eigenvalue weighted by Crippen LogP contribution is -2.15. The molecule has 0 atom stereocenters. The Hall–Kier alpha value is -1.14. The van der Waals surface area contributed by atoms with Crippen LogP contribution in [0.3, 0.4) is 0 Å². The van der Waals surface area contributed by atoms with Gasteiger partial charge in [-0.1, -0.05) is 6.92 Å². The largest absolute Gasteiger partial charge is 0.384 e. The van der Waals surface area contributed by atoms with E-state index in [4.69, 9.17) is 5.14 Å². The molecule has 0 saturated carbocycles. The van der Waals surface area contributed by atoms with Crippen molar-refractivity contribution in [3.05, 3.63) is 18.5 Å². The van der Waals surface area contributed by atoms with Crippen molar-refractivity contribution >= 4 is 15.7 Å². The Morgan fingerprint density at radius 1 is 1.57 bits per heavy atom. The molecule has 0 spiro atoms. The minimum Gasteiger partial charge on any atom is -0.384 e. The summed E-state index contributed by atoms with van der Waals surface area (Å²) in [7, 11) is -3.69. The second-order valence-corrected chi connectivity index (χ2v) is 4.37. The van der Waals surface area contributed by atoms with Crippen molar-refractivity contribution in [1.82, 2.24) is 4.98 Å². The van der Waals surface area contributed by atoms with E-state index in [1.54, 1.807) is 6.07 Å². The Kier molecular flexibility index (Phi) is 3.43. The van der Waals surface area contributed by atoms with Gasteiger partial charge < -0.3 is 5.32 Å². The number of nitrogens with zero attached hydrogens (tertiary/aromatic N) is 1. The lowest BCUT2D eigenvalue weighted by atomic mass is 10.4. The Labute approximate surface area is 83.4 Å². The molecule has 0 unspecified atom stereocenters. The molecule has 5 nitrogen and oxygen atoms in total. The first-order chi connectivity index (χ1) is 6.55. The molecule has 3 N–H and O–H groups in total. The minimum absolute atomic E-state index is 0.0356. The van der Waals surface area contributed by atoms with Crippen LogP contribution in [0.25, 0.3) is 0 Å². The van der Waals surface area contributed by atoms with Crippen LogP contribution < -0.4 is 10.5 Å². The summed E-state index contributed by atoms with van der Waals surface area (Å²) in [6.07, 6.45) is 3.67. The first-order valence-corrected chi connectivity index (χ1v) is 5.81. The summed E-state index contributed by atoms with van der Waals surface area (Å²) in [5.41, 5.74) is 0.504. The number of nitrogens with two attached hydrogens (primary N) is 1. The molecule has 1 aromatic heterocycles. The van der Waals surface area contributed by atoms with Gasteiger partial charge in [0.1, 0.15) is 4.90 Å². The summed E-state index contributed by atoms with van der Waals surface area (Å²) in [6, 6.07) is 1.59. The third-order valence-electron chi connectivity index (χ3n) is 1.66. The van der Waals surface area contributed by atoms with Crippen molar-refractivity contribution in [3.8, 4) is 0 Å². The van der Waals surface area contributed by atoms with Crippen LogP contribution in [0.15, 0.2) is 23.4 Å². The lowest BCUT2D eigenvalue weighted by Gasteiger charge is -2.08. The fraction of sp³-hybridized carbons (Fsp3) is 0.375. The molecule has 6 heteroatoms. The second-order valence-electron chi connectivity index (χ2n) is 2.84. The number of primary sulfonamides is 1. The number of rotatable bonds is 4. The van der Waals surface area contributed by atoms with Gasteiger partial charge in [0.2, 0.25) is 10.0 Å². The van der Waals surface area contributed by atoms with Crippen molar-refractivity contribution in [3.63, 3.8) is 0 Å². The van der Waals surface area contributed by atoms with Gasteiger partial charge in [0, 0.05) is 18.9 Å². The van der Waals surface area contributed by atoms with E-state index in [1.807, 2.05) is 6.92 Å². The van der Waals surface area contributed by atoms with E-state index in [1.165, 1.54) is 12.4 Å². The molecule has 1 heterocycles. The van der Waals surface area contributed by atoms with Crippen molar-refractivity contribution in [2.24, 2.45) is 5.14 Å². The highest BCUT2D eigenvalue weighted by Crippen LogP contribution is 2.17. The van der Waals surface area contributed by atoms with Gasteiger partial charge in [-0.15, -0.1) is 0 Å². The van der Waals surface area contributed by atoms with Crippen LogP contribution in [0.1, 0.15) is 13.3 Å². The maximum Gasteiger partial charge on any atom is 0.241 e. The zero-order valence-electron chi connectivity index (χ0n) is 7.90. The van der Waals surface area contributed by atoms with E-state index >= 15 is 0 Å². The van der Waals surface area contributed by atoms with Crippen molar-refractivity contribution < 1.29 is 8.42 Å². The molecule has 0 aliphatic rings. The standard InChI is InChI=1S/C8H13N3O2S/c1-2-4-11-7-3-5-10-6-8(7)14(9,12)13/h3,5-6H,2,4H2,1H3,(H,10,11)(H2,9,12,13). The summed E-state index contributed by atoms with van der Waals surface area (Å²) in [5.74, 6) is 0. The molecule has 0 aromatic carbocycles. The van der Waals surface area contributed by atoms with Gasteiger partial charge in [-0.3, -0.25) is 4.98 Å². The van der Waals surface area contributed by atoms with Crippen molar-refractivity contribution in [1.29, 1.82) is 0 Å². The molecule has 78 valence electrons. The minimum atomic E-state index is -3.69. The SMILES string of the molecule is CCCNc1ccncc1S(N)(=O)=O. The summed E-state index contributed by atoms with van der Waals surface area (Å²) in [6.45, 7) is 2.69.